The summed E-state index contributed by atoms with van der Waals surface area (Å²) in [6, 6.07) is 4.85. The first-order chi connectivity index (χ1) is 16.6. The number of ether oxygens (including phenoxy) is 3. The monoisotopic (exact) mass is 493 g/mol. The number of aryl methyl sites for hydroxylation is 1. The fourth-order valence-corrected chi connectivity index (χ4v) is 4.42. The Balaban J connectivity index is 2.05. The van der Waals surface area contributed by atoms with Crippen molar-refractivity contribution in [1.82, 2.24) is 0 Å². The number of Topliss-reactive ketones (excluding diaryl/α,β-unsaturated/α-hetero) is 1. The van der Waals surface area contributed by atoms with E-state index < -0.39 is 36.8 Å². The van der Waals surface area contributed by atoms with Crippen LogP contribution in [0, 0.1) is 6.92 Å². The lowest BCUT2D eigenvalue weighted by Gasteiger charge is -2.42. The van der Waals surface area contributed by atoms with Crippen molar-refractivity contribution in [2.24, 2.45) is 5.73 Å². The molecule has 1 saturated heterocycles. The van der Waals surface area contributed by atoms with Gasteiger partial charge in [0.2, 0.25) is 6.29 Å². The summed E-state index contributed by atoms with van der Waals surface area (Å²) >= 11 is 0. The summed E-state index contributed by atoms with van der Waals surface area (Å²) in [5.41, 5.74) is 6.25. The Morgan fingerprint density at radius 2 is 1.89 bits per heavy atom. The molecule has 1 aliphatic rings. The van der Waals surface area contributed by atoms with Crippen LogP contribution in [0.2, 0.25) is 0 Å². The van der Waals surface area contributed by atoms with Gasteiger partial charge in [0.05, 0.1) is 24.2 Å². The van der Waals surface area contributed by atoms with Crippen molar-refractivity contribution in [3.8, 4) is 17.2 Å². The lowest BCUT2D eigenvalue weighted by molar-refractivity contribution is -0.288. The summed E-state index contributed by atoms with van der Waals surface area (Å²) in [6.07, 6.45) is -7.29. The third kappa shape index (κ3) is 5.53. The number of carbonyl (C=O) groups is 1. The maximum atomic E-state index is 12.7. The molecule has 35 heavy (non-hydrogen) atoms. The molecule has 0 spiro atoms. The number of benzene rings is 2. The smallest absolute Gasteiger partial charge is 0.229 e. The van der Waals surface area contributed by atoms with E-state index in [1.54, 1.807) is 19.1 Å². The summed E-state index contributed by atoms with van der Waals surface area (Å²) in [6.45, 7) is 3.91. The maximum absolute atomic E-state index is 12.7. The number of hydrogen-bond acceptors (Lipinski definition) is 10. The van der Waals surface area contributed by atoms with Gasteiger partial charge in [-0.3, -0.25) is 4.79 Å². The molecule has 0 bridgehead atoms. The predicted molar refractivity (Wildman–Crippen MR) is 128 cm³/mol. The molecule has 3 rings (SSSR count). The van der Waals surface area contributed by atoms with Crippen molar-refractivity contribution in [3.63, 3.8) is 0 Å². The highest BCUT2D eigenvalue weighted by Crippen LogP contribution is 2.42. The summed E-state index contributed by atoms with van der Waals surface area (Å²) < 4.78 is 16.9. The highest BCUT2D eigenvalue weighted by atomic mass is 16.7. The molecule has 2 aromatic rings. The number of carbonyl (C=O) groups excluding carboxylic acids is 1. The SMILES string of the molecule is CCCC(=O)c1c(C)cc2cc(OC)cc(O[C@@H]3O[C@H]([C@H](O)CCCN)[C@@H](O)[C@H](O)[C@H]3O)c2c1O. The molecule has 0 aromatic heterocycles. The molecule has 10 nitrogen and oxygen atoms in total. The number of phenols is 1. The van der Waals surface area contributed by atoms with Gasteiger partial charge in [0.25, 0.3) is 0 Å². The molecule has 1 fully saturated rings. The number of aromatic hydroxyl groups is 1. The molecule has 0 aliphatic carbocycles. The zero-order chi connectivity index (χ0) is 25.9. The van der Waals surface area contributed by atoms with E-state index >= 15 is 0 Å². The molecule has 2 aromatic carbocycles. The van der Waals surface area contributed by atoms with Crippen LogP contribution in [0.3, 0.4) is 0 Å². The minimum atomic E-state index is -1.67. The molecule has 6 atom stereocenters. The summed E-state index contributed by atoms with van der Waals surface area (Å²) in [4.78, 5) is 12.7. The Hall–Kier alpha value is -2.47. The van der Waals surface area contributed by atoms with Crippen LogP contribution in [0.1, 0.15) is 48.5 Å². The van der Waals surface area contributed by atoms with Crippen LogP contribution >= 0.6 is 0 Å². The number of hydrogen-bond donors (Lipinski definition) is 6. The fraction of sp³-hybridized carbons (Fsp3) is 0.560. The number of nitrogens with two attached hydrogens (primary N) is 1. The van der Waals surface area contributed by atoms with Gasteiger partial charge in [-0.1, -0.05) is 13.0 Å². The van der Waals surface area contributed by atoms with E-state index in [4.69, 9.17) is 19.9 Å². The van der Waals surface area contributed by atoms with Gasteiger partial charge in [-0.05, 0) is 49.7 Å². The summed E-state index contributed by atoms with van der Waals surface area (Å²) in [5.74, 6) is -0.0853. The molecule has 10 heteroatoms. The van der Waals surface area contributed by atoms with E-state index in [-0.39, 0.29) is 41.1 Å². The summed E-state index contributed by atoms with van der Waals surface area (Å²) in [7, 11) is 1.45. The number of phenolic OH excluding ortho intramolecular Hbond substituents is 1. The van der Waals surface area contributed by atoms with E-state index in [9.17, 15) is 30.3 Å². The van der Waals surface area contributed by atoms with E-state index in [2.05, 4.69) is 0 Å². The zero-order valence-corrected chi connectivity index (χ0v) is 20.2. The standard InChI is InChI=1S/C25H35NO9/c1-4-6-15(27)18-12(2)9-13-10-14(33-3)11-17(19(13)20(18)29)34-25-23(32)21(30)22(31)24(35-25)16(28)7-5-8-26/h9-11,16,21-25,28-32H,4-8,26H2,1-3H3/t16-,21+,22+,23-,24-,25-/m1/s1. The molecular weight excluding hydrogens is 458 g/mol. The lowest BCUT2D eigenvalue weighted by atomic mass is 9.93. The van der Waals surface area contributed by atoms with Crippen molar-refractivity contribution in [3.05, 3.63) is 29.3 Å². The van der Waals surface area contributed by atoms with Crippen LogP contribution < -0.4 is 15.2 Å². The van der Waals surface area contributed by atoms with E-state index in [1.165, 1.54) is 13.2 Å². The summed E-state index contributed by atoms with van der Waals surface area (Å²) in [5, 5.41) is 53.6. The minimum absolute atomic E-state index is 0.0326. The molecule has 7 N–H and O–H groups in total. The molecule has 194 valence electrons. The number of ketones is 1. The van der Waals surface area contributed by atoms with Crippen LogP contribution in [0.5, 0.6) is 17.2 Å². The third-order valence-electron chi connectivity index (χ3n) is 6.27. The predicted octanol–water partition coefficient (Wildman–Crippen LogP) is 1.13. The largest absolute Gasteiger partial charge is 0.506 e. The normalized spacial score (nSPS) is 25.4. The number of fused-ring (bicyclic) bond motifs is 1. The number of methoxy groups -OCH3 is 1. The molecule has 0 amide bonds. The topological polar surface area (TPSA) is 172 Å². The Morgan fingerprint density at radius 3 is 2.51 bits per heavy atom. The second-order valence-electron chi connectivity index (χ2n) is 8.87. The first kappa shape index (κ1) is 27.1. The second-order valence-corrected chi connectivity index (χ2v) is 8.87. The van der Waals surface area contributed by atoms with Gasteiger partial charge in [0.15, 0.2) is 5.78 Å². The average molecular weight is 494 g/mol. The highest BCUT2D eigenvalue weighted by Gasteiger charge is 2.47. The van der Waals surface area contributed by atoms with Gasteiger partial charge in [-0.2, -0.15) is 0 Å². The Morgan fingerprint density at radius 1 is 1.17 bits per heavy atom. The van der Waals surface area contributed by atoms with Gasteiger partial charge in [-0.25, -0.2) is 0 Å². The van der Waals surface area contributed by atoms with Gasteiger partial charge in [0, 0.05) is 12.5 Å². The van der Waals surface area contributed by atoms with E-state index in [0.29, 0.717) is 36.1 Å². The quantitative estimate of drug-likeness (QED) is 0.264. The fourth-order valence-electron chi connectivity index (χ4n) is 4.42. The molecule has 0 unspecified atom stereocenters. The number of aliphatic hydroxyl groups is 4. The van der Waals surface area contributed by atoms with Crippen molar-refractivity contribution < 1.29 is 44.5 Å². The second kappa shape index (κ2) is 11.5. The Labute approximate surface area is 203 Å². The molecular formula is C25H35NO9. The average Bonchev–Trinajstić information content (AvgIpc) is 2.82. The zero-order valence-electron chi connectivity index (χ0n) is 20.2. The first-order valence-corrected chi connectivity index (χ1v) is 11.8. The van der Waals surface area contributed by atoms with Gasteiger partial charge in [-0.15, -0.1) is 0 Å². The minimum Gasteiger partial charge on any atom is -0.506 e. The van der Waals surface area contributed by atoms with Crippen LogP contribution in [-0.2, 0) is 4.74 Å². The third-order valence-corrected chi connectivity index (χ3v) is 6.27. The van der Waals surface area contributed by atoms with E-state index in [1.807, 2.05) is 6.92 Å². The Kier molecular flexibility index (Phi) is 8.92. The van der Waals surface area contributed by atoms with Crippen LogP contribution in [0.25, 0.3) is 10.8 Å². The van der Waals surface area contributed by atoms with Crippen LogP contribution in [-0.4, -0.2) is 81.8 Å². The maximum Gasteiger partial charge on any atom is 0.229 e. The number of rotatable bonds is 10. The van der Waals surface area contributed by atoms with Gasteiger partial charge < -0.3 is 45.5 Å². The molecule has 0 radical (unpaired) electrons. The van der Waals surface area contributed by atoms with Gasteiger partial charge >= 0.3 is 0 Å². The number of aliphatic hydroxyl groups excluding tert-OH is 4. The van der Waals surface area contributed by atoms with Crippen molar-refractivity contribution >= 4 is 16.6 Å². The van der Waals surface area contributed by atoms with Crippen molar-refractivity contribution in [2.75, 3.05) is 13.7 Å². The van der Waals surface area contributed by atoms with Crippen molar-refractivity contribution in [2.45, 2.75) is 76.3 Å². The van der Waals surface area contributed by atoms with E-state index in [0.717, 1.165) is 0 Å². The van der Waals surface area contributed by atoms with Crippen LogP contribution in [0.15, 0.2) is 18.2 Å². The molecule has 1 heterocycles. The Bertz CT molecular complexity index is 1040. The lowest BCUT2D eigenvalue weighted by Crippen LogP contribution is -2.62. The highest BCUT2D eigenvalue weighted by molar-refractivity contribution is 6.08. The van der Waals surface area contributed by atoms with Crippen LogP contribution in [0.4, 0.5) is 0 Å². The molecule has 0 saturated carbocycles. The molecule has 1 aliphatic heterocycles. The first-order valence-electron chi connectivity index (χ1n) is 11.8. The van der Waals surface area contributed by atoms with Crippen molar-refractivity contribution in [1.29, 1.82) is 0 Å². The van der Waals surface area contributed by atoms with Gasteiger partial charge in [0.1, 0.15) is 41.7 Å².